The number of rotatable bonds is 4. The third-order valence-corrected chi connectivity index (χ3v) is 3.99. The molecule has 0 saturated carbocycles. The van der Waals surface area contributed by atoms with Crippen LogP contribution in [0.1, 0.15) is 55.1 Å². The number of carbonyl (C=O) groups excluding carboxylic acids is 2. The van der Waals surface area contributed by atoms with E-state index in [2.05, 4.69) is 31.6 Å². The molecule has 0 aliphatic carbocycles. The number of ether oxygens (including phenoxy) is 1. The van der Waals surface area contributed by atoms with E-state index in [4.69, 9.17) is 9.15 Å². The van der Waals surface area contributed by atoms with Crippen molar-refractivity contribution in [2.45, 2.75) is 53.1 Å². The number of nitrogens with one attached hydrogen (secondary N) is 2. The molecule has 140 valence electrons. The molecule has 26 heavy (non-hydrogen) atoms. The summed E-state index contributed by atoms with van der Waals surface area (Å²) < 4.78 is 10.9. The molecule has 0 aliphatic heterocycles. The number of hydrogen-bond acceptors (Lipinski definition) is 4. The van der Waals surface area contributed by atoms with Crippen molar-refractivity contribution < 1.29 is 18.7 Å². The van der Waals surface area contributed by atoms with Crippen molar-refractivity contribution in [2.24, 2.45) is 0 Å². The third-order valence-electron chi connectivity index (χ3n) is 3.99. The summed E-state index contributed by atoms with van der Waals surface area (Å²) in [5.41, 5.74) is 6.35. The summed E-state index contributed by atoms with van der Waals surface area (Å²) in [5.74, 6) is 0.839. The molecular weight excluding hydrogens is 332 g/mol. The molecular formula is C20H26N2O4. The topological polar surface area (TPSA) is 80.6 Å². The second-order valence-corrected chi connectivity index (χ2v) is 7.30. The van der Waals surface area contributed by atoms with Gasteiger partial charge in [0.25, 0.3) is 11.8 Å². The molecule has 0 spiro atoms. The lowest BCUT2D eigenvalue weighted by molar-refractivity contribution is -0.128. The molecule has 1 heterocycles. The Morgan fingerprint density at radius 3 is 2.19 bits per heavy atom. The van der Waals surface area contributed by atoms with Crippen LogP contribution in [0, 0.1) is 13.8 Å². The molecule has 0 fully saturated rings. The summed E-state index contributed by atoms with van der Waals surface area (Å²) in [6.07, 6.45) is -0.761. The molecule has 1 atom stereocenters. The molecule has 2 rings (SSSR count). The monoisotopic (exact) mass is 358 g/mol. The van der Waals surface area contributed by atoms with E-state index in [-0.39, 0.29) is 5.41 Å². The van der Waals surface area contributed by atoms with Crippen LogP contribution in [0.25, 0.3) is 0 Å². The van der Waals surface area contributed by atoms with E-state index in [1.807, 2.05) is 24.3 Å². The number of furan rings is 1. The van der Waals surface area contributed by atoms with Crippen molar-refractivity contribution in [1.29, 1.82) is 0 Å². The van der Waals surface area contributed by atoms with E-state index in [0.29, 0.717) is 22.8 Å². The van der Waals surface area contributed by atoms with Crippen LogP contribution in [0.4, 0.5) is 0 Å². The van der Waals surface area contributed by atoms with Crippen LogP contribution in [-0.2, 0) is 10.2 Å². The lowest BCUT2D eigenvalue weighted by atomic mass is 9.87. The fourth-order valence-corrected chi connectivity index (χ4v) is 2.43. The van der Waals surface area contributed by atoms with Gasteiger partial charge in [-0.3, -0.25) is 20.4 Å². The maximum Gasteiger partial charge on any atom is 0.279 e. The normalized spacial score (nSPS) is 12.4. The molecule has 1 aromatic carbocycles. The maximum atomic E-state index is 12.1. The first kappa shape index (κ1) is 19.6. The molecule has 2 aromatic rings. The van der Waals surface area contributed by atoms with Gasteiger partial charge in [0.1, 0.15) is 17.3 Å². The highest BCUT2D eigenvalue weighted by molar-refractivity contribution is 5.96. The highest BCUT2D eigenvalue weighted by Gasteiger charge is 2.19. The molecule has 0 unspecified atom stereocenters. The minimum atomic E-state index is -0.761. The highest BCUT2D eigenvalue weighted by Crippen LogP contribution is 2.24. The Bertz CT molecular complexity index is 785. The van der Waals surface area contributed by atoms with Crippen LogP contribution in [0.3, 0.4) is 0 Å². The average molecular weight is 358 g/mol. The fourth-order valence-electron chi connectivity index (χ4n) is 2.43. The molecule has 6 nitrogen and oxygen atoms in total. The SMILES string of the molecule is Cc1cc(C(=O)NNC(=O)[C@@H](C)Oc2ccc(C(C)(C)C)cc2)c(C)o1. The van der Waals surface area contributed by atoms with Gasteiger partial charge >= 0.3 is 0 Å². The van der Waals surface area contributed by atoms with Gasteiger partial charge in [0, 0.05) is 0 Å². The van der Waals surface area contributed by atoms with Crippen LogP contribution < -0.4 is 15.6 Å². The molecule has 0 aliphatic rings. The molecule has 1 aromatic heterocycles. The molecule has 0 saturated heterocycles. The lowest BCUT2D eigenvalue weighted by Gasteiger charge is -2.20. The Labute approximate surface area is 153 Å². The van der Waals surface area contributed by atoms with Gasteiger partial charge in [-0.2, -0.15) is 0 Å². The van der Waals surface area contributed by atoms with Crippen molar-refractivity contribution in [3.8, 4) is 5.75 Å². The Hall–Kier alpha value is -2.76. The minimum Gasteiger partial charge on any atom is -0.481 e. The summed E-state index contributed by atoms with van der Waals surface area (Å²) >= 11 is 0. The minimum absolute atomic E-state index is 0.0510. The predicted molar refractivity (Wildman–Crippen MR) is 99.0 cm³/mol. The van der Waals surface area contributed by atoms with E-state index in [0.717, 1.165) is 0 Å². The van der Waals surface area contributed by atoms with Gasteiger partial charge in [0.15, 0.2) is 6.10 Å². The van der Waals surface area contributed by atoms with Crippen LogP contribution >= 0.6 is 0 Å². The number of aryl methyl sites for hydroxylation is 2. The van der Waals surface area contributed by atoms with Gasteiger partial charge in [-0.05, 0) is 49.9 Å². The van der Waals surface area contributed by atoms with Gasteiger partial charge in [-0.1, -0.05) is 32.9 Å². The standard InChI is InChI=1S/C20H26N2O4/c1-12-11-17(13(2)25-12)19(24)22-21-18(23)14(3)26-16-9-7-15(8-10-16)20(4,5)6/h7-11,14H,1-6H3,(H,21,23)(H,22,24)/t14-/m1/s1. The zero-order valence-corrected chi connectivity index (χ0v) is 16.1. The average Bonchev–Trinajstić information content (AvgIpc) is 2.90. The smallest absolute Gasteiger partial charge is 0.279 e. The molecule has 2 N–H and O–H groups in total. The van der Waals surface area contributed by atoms with Crippen molar-refractivity contribution >= 4 is 11.8 Å². The second kappa shape index (κ2) is 7.64. The van der Waals surface area contributed by atoms with Gasteiger partial charge < -0.3 is 9.15 Å². The molecule has 0 bridgehead atoms. The summed E-state index contributed by atoms with van der Waals surface area (Å²) in [6, 6.07) is 9.24. The van der Waals surface area contributed by atoms with Crippen molar-refractivity contribution in [3.63, 3.8) is 0 Å². The number of amides is 2. The van der Waals surface area contributed by atoms with Crippen LogP contribution in [0.5, 0.6) is 5.75 Å². The first-order valence-corrected chi connectivity index (χ1v) is 8.52. The zero-order chi connectivity index (χ0) is 19.5. The summed E-state index contributed by atoms with van der Waals surface area (Å²) in [7, 11) is 0. The van der Waals surface area contributed by atoms with E-state index in [1.54, 1.807) is 26.8 Å². The number of carbonyl (C=O) groups is 2. The second-order valence-electron chi connectivity index (χ2n) is 7.30. The van der Waals surface area contributed by atoms with Crippen molar-refractivity contribution in [3.05, 3.63) is 53.0 Å². The van der Waals surface area contributed by atoms with Crippen LogP contribution in [0.15, 0.2) is 34.7 Å². The first-order valence-electron chi connectivity index (χ1n) is 8.52. The van der Waals surface area contributed by atoms with Crippen LogP contribution in [0.2, 0.25) is 0 Å². The van der Waals surface area contributed by atoms with Gasteiger partial charge in [0.2, 0.25) is 0 Å². The van der Waals surface area contributed by atoms with Gasteiger partial charge in [-0.15, -0.1) is 0 Å². The molecule has 6 heteroatoms. The molecule has 2 amide bonds. The Balaban J connectivity index is 1.89. The van der Waals surface area contributed by atoms with E-state index >= 15 is 0 Å². The van der Waals surface area contributed by atoms with Crippen LogP contribution in [-0.4, -0.2) is 17.9 Å². The Morgan fingerprint density at radius 2 is 1.69 bits per heavy atom. The van der Waals surface area contributed by atoms with E-state index in [1.165, 1.54) is 5.56 Å². The lowest BCUT2D eigenvalue weighted by Crippen LogP contribution is -2.47. The summed E-state index contributed by atoms with van der Waals surface area (Å²) in [6.45, 7) is 11.5. The quantitative estimate of drug-likeness (QED) is 0.821. The number of benzene rings is 1. The predicted octanol–water partition coefficient (Wildman–Crippen LogP) is 3.42. The number of hydrazine groups is 1. The van der Waals surface area contributed by atoms with Crippen molar-refractivity contribution in [1.82, 2.24) is 10.9 Å². The third kappa shape index (κ3) is 4.88. The van der Waals surface area contributed by atoms with E-state index in [9.17, 15) is 9.59 Å². The van der Waals surface area contributed by atoms with Crippen molar-refractivity contribution in [2.75, 3.05) is 0 Å². The molecule has 0 radical (unpaired) electrons. The fraction of sp³-hybridized carbons (Fsp3) is 0.400. The Kier molecular flexibility index (Phi) is 5.75. The number of hydrogen-bond donors (Lipinski definition) is 2. The summed E-state index contributed by atoms with van der Waals surface area (Å²) in [4.78, 5) is 24.2. The summed E-state index contributed by atoms with van der Waals surface area (Å²) in [5, 5.41) is 0. The maximum absolute atomic E-state index is 12.1. The van der Waals surface area contributed by atoms with Gasteiger partial charge in [-0.25, -0.2) is 0 Å². The van der Waals surface area contributed by atoms with Gasteiger partial charge in [0.05, 0.1) is 5.56 Å². The first-order chi connectivity index (χ1) is 12.1. The van der Waals surface area contributed by atoms with E-state index < -0.39 is 17.9 Å². The largest absolute Gasteiger partial charge is 0.481 e. The Morgan fingerprint density at radius 1 is 1.08 bits per heavy atom. The highest BCUT2D eigenvalue weighted by atomic mass is 16.5. The zero-order valence-electron chi connectivity index (χ0n) is 16.1.